The molecular weight excluding hydrogens is 314 g/mol. The largest absolute Gasteiger partial charge is 0.495 e. The Hall–Kier alpha value is -2.79. The van der Waals surface area contributed by atoms with Crippen LogP contribution in [-0.4, -0.2) is 22.8 Å². The zero-order valence-electron chi connectivity index (χ0n) is 12.4. The highest BCUT2D eigenvalue weighted by atomic mass is 35.5. The van der Waals surface area contributed by atoms with Crippen molar-refractivity contribution >= 4 is 23.2 Å². The number of anilines is 1. The summed E-state index contributed by atoms with van der Waals surface area (Å²) < 4.78 is 6.73. The number of para-hydroxylation sites is 1. The molecule has 0 radical (unpaired) electrons. The summed E-state index contributed by atoms with van der Waals surface area (Å²) in [5, 5.41) is 7.42. The number of carbonyl (C=O) groups is 1. The second kappa shape index (κ2) is 6.54. The Kier molecular flexibility index (Phi) is 4.30. The molecule has 6 heteroatoms. The highest BCUT2D eigenvalue weighted by Gasteiger charge is 2.11. The van der Waals surface area contributed by atoms with Gasteiger partial charge in [0.05, 0.1) is 29.6 Å². The van der Waals surface area contributed by atoms with Crippen molar-refractivity contribution in [3.63, 3.8) is 0 Å². The van der Waals surface area contributed by atoms with E-state index in [1.807, 2.05) is 30.3 Å². The first-order valence-electron chi connectivity index (χ1n) is 6.92. The van der Waals surface area contributed by atoms with Crippen molar-refractivity contribution in [3.05, 3.63) is 71.5 Å². The number of nitrogens with zero attached hydrogens (tertiary/aromatic N) is 2. The molecule has 1 amide bonds. The van der Waals surface area contributed by atoms with E-state index in [1.165, 1.54) is 13.3 Å². The summed E-state index contributed by atoms with van der Waals surface area (Å²) in [6.07, 6.45) is 3.20. The van der Waals surface area contributed by atoms with E-state index < -0.39 is 0 Å². The number of aromatic nitrogens is 2. The van der Waals surface area contributed by atoms with Gasteiger partial charge >= 0.3 is 0 Å². The van der Waals surface area contributed by atoms with Gasteiger partial charge in [0.25, 0.3) is 5.91 Å². The van der Waals surface area contributed by atoms with Gasteiger partial charge in [-0.3, -0.25) is 4.79 Å². The van der Waals surface area contributed by atoms with E-state index in [9.17, 15) is 4.79 Å². The van der Waals surface area contributed by atoms with Crippen LogP contribution in [0.5, 0.6) is 5.75 Å². The lowest BCUT2D eigenvalue weighted by Crippen LogP contribution is -2.11. The van der Waals surface area contributed by atoms with Gasteiger partial charge in [-0.15, -0.1) is 0 Å². The van der Waals surface area contributed by atoms with Crippen molar-refractivity contribution < 1.29 is 9.53 Å². The van der Waals surface area contributed by atoms with Crippen molar-refractivity contribution in [1.82, 2.24) is 9.78 Å². The Morgan fingerprint density at radius 1 is 1.22 bits per heavy atom. The lowest BCUT2D eigenvalue weighted by atomic mass is 10.2. The maximum atomic E-state index is 12.3. The quantitative estimate of drug-likeness (QED) is 0.793. The molecule has 0 bridgehead atoms. The van der Waals surface area contributed by atoms with Crippen LogP contribution in [0.4, 0.5) is 5.69 Å². The topological polar surface area (TPSA) is 56.1 Å². The first-order valence-corrected chi connectivity index (χ1v) is 7.30. The summed E-state index contributed by atoms with van der Waals surface area (Å²) in [6, 6.07) is 14.6. The van der Waals surface area contributed by atoms with Crippen molar-refractivity contribution in [2.75, 3.05) is 12.4 Å². The number of halogens is 1. The van der Waals surface area contributed by atoms with Gasteiger partial charge in [0.2, 0.25) is 0 Å². The van der Waals surface area contributed by atoms with Crippen LogP contribution in [0, 0.1) is 0 Å². The van der Waals surface area contributed by atoms with Crippen LogP contribution in [0.2, 0.25) is 5.02 Å². The minimum absolute atomic E-state index is 0.256. The number of carbonyl (C=O) groups excluding carboxylic acids is 1. The fourth-order valence-corrected chi connectivity index (χ4v) is 2.37. The van der Waals surface area contributed by atoms with Gasteiger partial charge in [0.1, 0.15) is 5.75 Å². The molecule has 23 heavy (non-hydrogen) atoms. The Labute approximate surface area is 138 Å². The first-order chi connectivity index (χ1) is 11.2. The molecule has 1 N–H and O–H groups in total. The molecule has 5 nitrogen and oxygen atoms in total. The number of amides is 1. The second-order valence-electron chi connectivity index (χ2n) is 4.81. The average Bonchev–Trinajstić information content (AvgIpc) is 3.06. The molecule has 0 saturated carbocycles. The number of hydrogen-bond acceptors (Lipinski definition) is 3. The van der Waals surface area contributed by atoms with Gasteiger partial charge < -0.3 is 10.1 Å². The maximum Gasteiger partial charge on any atom is 0.258 e. The van der Waals surface area contributed by atoms with E-state index in [0.29, 0.717) is 22.0 Å². The summed E-state index contributed by atoms with van der Waals surface area (Å²) in [6.45, 7) is 0. The minimum atomic E-state index is -0.256. The number of benzene rings is 2. The van der Waals surface area contributed by atoms with Gasteiger partial charge in [-0.1, -0.05) is 29.8 Å². The normalized spacial score (nSPS) is 10.3. The lowest BCUT2D eigenvalue weighted by Gasteiger charge is -2.07. The van der Waals surface area contributed by atoms with Crippen molar-refractivity contribution in [1.29, 1.82) is 0 Å². The molecule has 0 aliphatic rings. The van der Waals surface area contributed by atoms with E-state index in [-0.39, 0.29) is 5.91 Å². The fourth-order valence-electron chi connectivity index (χ4n) is 2.11. The van der Waals surface area contributed by atoms with Gasteiger partial charge in [-0.2, -0.15) is 5.10 Å². The number of hydrogen-bond donors (Lipinski definition) is 1. The van der Waals surface area contributed by atoms with Crippen LogP contribution in [-0.2, 0) is 0 Å². The molecule has 3 aromatic rings. The molecule has 0 unspecified atom stereocenters. The Morgan fingerprint density at radius 2 is 2.00 bits per heavy atom. The van der Waals surface area contributed by atoms with E-state index in [0.717, 1.165) is 5.69 Å². The van der Waals surface area contributed by atoms with Crippen LogP contribution < -0.4 is 10.1 Å². The standard InChI is InChI=1S/C17H14ClN3O2/c1-23-16-8-7-13(9-15(16)18)20-17(22)12-10-19-21(11-12)14-5-3-2-4-6-14/h2-11H,1H3,(H,20,22). The molecule has 0 spiro atoms. The van der Waals surface area contributed by atoms with Crippen LogP contribution in [0.1, 0.15) is 10.4 Å². The molecule has 2 aromatic carbocycles. The Balaban J connectivity index is 1.76. The molecule has 0 aliphatic heterocycles. The highest BCUT2D eigenvalue weighted by Crippen LogP contribution is 2.27. The molecule has 0 fully saturated rings. The second-order valence-corrected chi connectivity index (χ2v) is 5.22. The third-order valence-electron chi connectivity index (χ3n) is 3.28. The van der Waals surface area contributed by atoms with E-state index in [1.54, 1.807) is 29.1 Å². The van der Waals surface area contributed by atoms with Gasteiger partial charge in [0, 0.05) is 11.9 Å². The smallest absolute Gasteiger partial charge is 0.258 e. The van der Waals surface area contributed by atoms with Gasteiger partial charge in [-0.05, 0) is 30.3 Å². The predicted octanol–water partition coefficient (Wildman–Crippen LogP) is 3.79. The third-order valence-corrected chi connectivity index (χ3v) is 3.57. The average molecular weight is 328 g/mol. The van der Waals surface area contributed by atoms with Crippen molar-refractivity contribution in [2.45, 2.75) is 0 Å². The lowest BCUT2D eigenvalue weighted by molar-refractivity contribution is 0.102. The van der Waals surface area contributed by atoms with Crippen LogP contribution in [0.25, 0.3) is 5.69 Å². The van der Waals surface area contributed by atoms with E-state index >= 15 is 0 Å². The predicted molar refractivity (Wildman–Crippen MR) is 89.5 cm³/mol. The molecule has 1 heterocycles. The number of ether oxygens (including phenoxy) is 1. The Bertz CT molecular complexity index is 831. The van der Waals surface area contributed by atoms with Crippen molar-refractivity contribution in [2.24, 2.45) is 0 Å². The molecular formula is C17H14ClN3O2. The van der Waals surface area contributed by atoms with Crippen molar-refractivity contribution in [3.8, 4) is 11.4 Å². The summed E-state index contributed by atoms with van der Waals surface area (Å²) >= 11 is 6.05. The number of rotatable bonds is 4. The van der Waals surface area contributed by atoms with Crippen LogP contribution in [0.3, 0.4) is 0 Å². The number of methoxy groups -OCH3 is 1. The van der Waals surface area contributed by atoms with Gasteiger partial charge in [0.15, 0.2) is 0 Å². The monoisotopic (exact) mass is 327 g/mol. The fraction of sp³-hybridized carbons (Fsp3) is 0.0588. The molecule has 0 aliphatic carbocycles. The third kappa shape index (κ3) is 3.35. The summed E-state index contributed by atoms with van der Waals surface area (Å²) in [4.78, 5) is 12.3. The van der Waals surface area contributed by atoms with Crippen LogP contribution >= 0.6 is 11.6 Å². The SMILES string of the molecule is COc1ccc(NC(=O)c2cnn(-c3ccccc3)c2)cc1Cl. The molecule has 0 atom stereocenters. The zero-order chi connectivity index (χ0) is 16.2. The zero-order valence-corrected chi connectivity index (χ0v) is 13.1. The Morgan fingerprint density at radius 3 is 2.70 bits per heavy atom. The summed E-state index contributed by atoms with van der Waals surface area (Å²) in [5.74, 6) is 0.301. The molecule has 1 aromatic heterocycles. The minimum Gasteiger partial charge on any atom is -0.495 e. The molecule has 0 saturated heterocycles. The summed E-state index contributed by atoms with van der Waals surface area (Å²) in [7, 11) is 1.54. The summed E-state index contributed by atoms with van der Waals surface area (Å²) in [5.41, 5.74) is 1.94. The van der Waals surface area contributed by atoms with Gasteiger partial charge in [-0.25, -0.2) is 4.68 Å². The first kappa shape index (κ1) is 15.1. The highest BCUT2D eigenvalue weighted by molar-refractivity contribution is 6.32. The number of nitrogens with one attached hydrogen (secondary N) is 1. The molecule has 116 valence electrons. The van der Waals surface area contributed by atoms with Crippen LogP contribution in [0.15, 0.2) is 60.9 Å². The molecule has 3 rings (SSSR count). The maximum absolute atomic E-state index is 12.3. The van der Waals surface area contributed by atoms with E-state index in [2.05, 4.69) is 10.4 Å². The van der Waals surface area contributed by atoms with E-state index in [4.69, 9.17) is 16.3 Å².